The highest BCUT2D eigenvalue weighted by Crippen LogP contribution is 2.18. The Kier molecular flexibility index (Phi) is 7.65. The van der Waals surface area contributed by atoms with E-state index in [1.807, 2.05) is 62.4 Å². The number of nitrogens with one attached hydrogen (secondary N) is 2. The summed E-state index contributed by atoms with van der Waals surface area (Å²) in [4.78, 5) is 24.3. The van der Waals surface area contributed by atoms with Crippen LogP contribution in [0.2, 0.25) is 0 Å². The lowest BCUT2D eigenvalue weighted by Gasteiger charge is -2.11. The van der Waals surface area contributed by atoms with Crippen LogP contribution in [-0.4, -0.2) is 25.0 Å². The first-order chi connectivity index (χ1) is 15.0. The summed E-state index contributed by atoms with van der Waals surface area (Å²) in [5.41, 5.74) is 8.38. The lowest BCUT2D eigenvalue weighted by atomic mass is 10.1. The second-order valence-electron chi connectivity index (χ2n) is 7.17. The third-order valence-corrected chi connectivity index (χ3v) is 4.60. The average molecular weight is 418 g/mol. The molecule has 0 spiro atoms. The Morgan fingerprint density at radius 3 is 2.42 bits per heavy atom. The van der Waals surface area contributed by atoms with E-state index in [0.717, 1.165) is 17.5 Å². The van der Waals surface area contributed by atoms with Crippen molar-refractivity contribution >= 4 is 11.8 Å². The standard InChI is InChI=1S/C25H26N2O4/c1-18-11-12-23(19(2)15-18)31-17-24(28)26-27-25(29)21-9-6-10-22(16-21)30-14-13-20-7-4-3-5-8-20/h3-12,15-16H,13-14,17H2,1-2H3,(H,26,28)(H,27,29). The number of hydrogen-bond donors (Lipinski definition) is 2. The zero-order valence-electron chi connectivity index (χ0n) is 17.7. The van der Waals surface area contributed by atoms with E-state index in [0.29, 0.717) is 23.7 Å². The van der Waals surface area contributed by atoms with Crippen LogP contribution >= 0.6 is 0 Å². The van der Waals surface area contributed by atoms with Crippen molar-refractivity contribution in [2.24, 2.45) is 0 Å². The van der Waals surface area contributed by atoms with E-state index < -0.39 is 11.8 Å². The van der Waals surface area contributed by atoms with E-state index in [-0.39, 0.29) is 6.61 Å². The Morgan fingerprint density at radius 2 is 1.65 bits per heavy atom. The number of aryl methyl sites for hydroxylation is 2. The molecule has 3 rings (SSSR count). The summed E-state index contributed by atoms with van der Waals surface area (Å²) in [6.07, 6.45) is 0.772. The zero-order chi connectivity index (χ0) is 22.1. The Hall–Kier alpha value is -3.80. The molecule has 0 radical (unpaired) electrons. The number of hydrogen-bond acceptors (Lipinski definition) is 4. The largest absolute Gasteiger partial charge is 0.493 e. The molecule has 0 fully saturated rings. The highest BCUT2D eigenvalue weighted by molar-refractivity contribution is 5.95. The molecule has 0 aliphatic carbocycles. The molecular weight excluding hydrogens is 392 g/mol. The van der Waals surface area contributed by atoms with Crippen molar-refractivity contribution in [3.8, 4) is 11.5 Å². The molecule has 0 unspecified atom stereocenters. The van der Waals surface area contributed by atoms with Crippen molar-refractivity contribution in [2.75, 3.05) is 13.2 Å². The summed E-state index contributed by atoms with van der Waals surface area (Å²) < 4.78 is 11.3. The molecule has 31 heavy (non-hydrogen) atoms. The van der Waals surface area contributed by atoms with E-state index in [4.69, 9.17) is 9.47 Å². The van der Waals surface area contributed by atoms with Gasteiger partial charge >= 0.3 is 0 Å². The molecule has 3 aromatic rings. The molecular formula is C25H26N2O4. The third kappa shape index (κ3) is 6.89. The van der Waals surface area contributed by atoms with Crippen LogP contribution in [0.15, 0.2) is 72.8 Å². The molecule has 0 aromatic heterocycles. The Morgan fingerprint density at radius 1 is 0.839 bits per heavy atom. The molecule has 2 amide bonds. The number of carbonyl (C=O) groups is 2. The van der Waals surface area contributed by atoms with Gasteiger partial charge in [-0.2, -0.15) is 0 Å². The molecule has 0 atom stereocenters. The van der Waals surface area contributed by atoms with Gasteiger partial charge in [0.05, 0.1) is 6.61 Å². The van der Waals surface area contributed by atoms with E-state index >= 15 is 0 Å². The number of amides is 2. The van der Waals surface area contributed by atoms with Crippen LogP contribution in [0.1, 0.15) is 27.0 Å². The minimum absolute atomic E-state index is 0.202. The molecule has 0 saturated heterocycles. The minimum Gasteiger partial charge on any atom is -0.493 e. The summed E-state index contributed by atoms with van der Waals surface area (Å²) in [5, 5.41) is 0. The van der Waals surface area contributed by atoms with Crippen LogP contribution in [-0.2, 0) is 11.2 Å². The van der Waals surface area contributed by atoms with Crippen LogP contribution < -0.4 is 20.3 Å². The second kappa shape index (κ2) is 10.8. The van der Waals surface area contributed by atoms with Crippen molar-refractivity contribution in [1.82, 2.24) is 10.9 Å². The average Bonchev–Trinajstić information content (AvgIpc) is 2.78. The molecule has 3 aromatic carbocycles. The predicted octanol–water partition coefficient (Wildman–Crippen LogP) is 3.76. The van der Waals surface area contributed by atoms with Crippen molar-refractivity contribution in [1.29, 1.82) is 0 Å². The van der Waals surface area contributed by atoms with Crippen LogP contribution in [0.3, 0.4) is 0 Å². The number of carbonyl (C=O) groups excluding carboxylic acids is 2. The van der Waals surface area contributed by atoms with Gasteiger partial charge in [-0.05, 0) is 49.2 Å². The summed E-state index contributed by atoms with van der Waals surface area (Å²) in [5.74, 6) is 0.331. The first-order valence-corrected chi connectivity index (χ1v) is 10.1. The maximum Gasteiger partial charge on any atom is 0.276 e. The van der Waals surface area contributed by atoms with Crippen LogP contribution in [0.25, 0.3) is 0 Å². The Bertz CT molecular complexity index is 1030. The van der Waals surface area contributed by atoms with Crippen LogP contribution in [0.4, 0.5) is 0 Å². The lowest BCUT2D eigenvalue weighted by Crippen LogP contribution is -2.43. The van der Waals surface area contributed by atoms with Gasteiger partial charge in [0.25, 0.3) is 11.8 Å². The number of ether oxygens (including phenoxy) is 2. The minimum atomic E-state index is -0.455. The Balaban J connectivity index is 1.44. The van der Waals surface area contributed by atoms with Gasteiger partial charge in [0, 0.05) is 12.0 Å². The predicted molar refractivity (Wildman–Crippen MR) is 119 cm³/mol. The van der Waals surface area contributed by atoms with Gasteiger partial charge in [0.15, 0.2) is 6.61 Å². The monoisotopic (exact) mass is 418 g/mol. The normalized spacial score (nSPS) is 10.3. The van der Waals surface area contributed by atoms with E-state index in [2.05, 4.69) is 10.9 Å². The topological polar surface area (TPSA) is 76.7 Å². The summed E-state index contributed by atoms with van der Waals surface area (Å²) in [6, 6.07) is 22.6. The smallest absolute Gasteiger partial charge is 0.276 e. The van der Waals surface area contributed by atoms with Gasteiger partial charge in [-0.15, -0.1) is 0 Å². The second-order valence-corrected chi connectivity index (χ2v) is 7.17. The van der Waals surface area contributed by atoms with E-state index in [1.54, 1.807) is 24.3 Å². The summed E-state index contributed by atoms with van der Waals surface area (Å²) in [6.45, 7) is 4.20. The lowest BCUT2D eigenvalue weighted by molar-refractivity contribution is -0.123. The quantitative estimate of drug-likeness (QED) is 0.546. The van der Waals surface area contributed by atoms with Gasteiger partial charge in [-0.1, -0.05) is 54.1 Å². The van der Waals surface area contributed by atoms with Gasteiger partial charge in [-0.25, -0.2) is 0 Å². The fraction of sp³-hybridized carbons (Fsp3) is 0.200. The van der Waals surface area contributed by atoms with Gasteiger partial charge < -0.3 is 9.47 Å². The zero-order valence-corrected chi connectivity index (χ0v) is 17.7. The highest BCUT2D eigenvalue weighted by atomic mass is 16.5. The van der Waals surface area contributed by atoms with Crippen LogP contribution in [0.5, 0.6) is 11.5 Å². The third-order valence-electron chi connectivity index (χ3n) is 4.60. The summed E-state index contributed by atoms with van der Waals surface area (Å²) >= 11 is 0. The van der Waals surface area contributed by atoms with Crippen molar-refractivity contribution < 1.29 is 19.1 Å². The van der Waals surface area contributed by atoms with Gasteiger partial charge in [-0.3, -0.25) is 20.4 Å². The fourth-order valence-electron chi connectivity index (χ4n) is 3.00. The van der Waals surface area contributed by atoms with Gasteiger partial charge in [0.2, 0.25) is 0 Å². The van der Waals surface area contributed by atoms with Crippen LogP contribution in [0, 0.1) is 13.8 Å². The van der Waals surface area contributed by atoms with Crippen molar-refractivity contribution in [3.05, 3.63) is 95.1 Å². The maximum atomic E-state index is 12.3. The molecule has 6 nitrogen and oxygen atoms in total. The Labute approximate surface area is 182 Å². The molecule has 6 heteroatoms. The van der Waals surface area contributed by atoms with Crippen molar-refractivity contribution in [2.45, 2.75) is 20.3 Å². The first-order valence-electron chi connectivity index (χ1n) is 10.1. The number of benzene rings is 3. The fourth-order valence-corrected chi connectivity index (χ4v) is 3.00. The molecule has 2 N–H and O–H groups in total. The number of rotatable bonds is 8. The molecule has 0 bridgehead atoms. The molecule has 0 aliphatic heterocycles. The molecule has 0 saturated carbocycles. The van der Waals surface area contributed by atoms with Crippen molar-refractivity contribution in [3.63, 3.8) is 0 Å². The molecule has 0 heterocycles. The highest BCUT2D eigenvalue weighted by Gasteiger charge is 2.10. The maximum absolute atomic E-state index is 12.3. The van der Waals surface area contributed by atoms with E-state index in [9.17, 15) is 9.59 Å². The molecule has 0 aliphatic rings. The number of hydrazine groups is 1. The van der Waals surface area contributed by atoms with E-state index in [1.165, 1.54) is 5.56 Å². The first kappa shape index (κ1) is 21.9. The summed E-state index contributed by atoms with van der Waals surface area (Å²) in [7, 11) is 0. The van der Waals surface area contributed by atoms with Gasteiger partial charge in [0.1, 0.15) is 11.5 Å². The molecule has 160 valence electrons. The SMILES string of the molecule is Cc1ccc(OCC(=O)NNC(=O)c2cccc(OCCc3ccccc3)c2)c(C)c1.